The van der Waals surface area contributed by atoms with Crippen LogP contribution in [-0.2, 0) is 27.7 Å². The molecule has 4 rings (SSSR count). The van der Waals surface area contributed by atoms with Gasteiger partial charge in [-0.05, 0) is 75.6 Å². The molecule has 3 aromatic heterocycles. The summed E-state index contributed by atoms with van der Waals surface area (Å²) in [6.07, 6.45) is 3.28. The zero-order valence-electron chi connectivity index (χ0n) is 28.4. The van der Waals surface area contributed by atoms with Crippen LogP contribution in [0.15, 0.2) is 41.6 Å². The molecular weight excluding hydrogens is 642 g/mol. The molecule has 0 radical (unpaired) electrons. The average molecular weight is 684 g/mol. The Hall–Kier alpha value is -4.54. The number of pyridine rings is 2. The minimum Gasteiger partial charge on any atom is -0.444 e. The number of fused-ring (bicyclic) bond motifs is 1. The first-order valence-electron chi connectivity index (χ1n) is 15.0. The van der Waals surface area contributed by atoms with Crippen LogP contribution in [0.5, 0.6) is 0 Å². The number of aryl methyl sites for hydroxylation is 2. The van der Waals surface area contributed by atoms with Crippen molar-refractivity contribution in [1.29, 1.82) is 5.26 Å². The number of ether oxygens (including phenoxy) is 1. The average Bonchev–Trinajstić information content (AvgIpc) is 3.39. The lowest BCUT2D eigenvalue weighted by molar-refractivity contribution is 0.0635. The van der Waals surface area contributed by atoms with Gasteiger partial charge in [-0.3, -0.25) is 19.8 Å². The normalized spacial score (nSPS) is 10.9. The molecular formula is C33H42ClN7O5S. The van der Waals surface area contributed by atoms with Gasteiger partial charge in [-0.2, -0.15) is 10.4 Å². The molecule has 0 saturated heterocycles. The standard InChI is InChI=1S/C29H30ClN7O5S.2C2H6/c1-16-7-25(35-28(39)42-29(3,4)5)34-17(2)21(16)13-33-27(38)22-15-37(36-23(22)11-31)14-18-8-19-10-20(30)12-32-26(19)24(9-18)43(6,40)41;2*1-2/h7-10,12,15H,13-14H2,1-6H3,(H,33,38)(H,34,35,39);2*1-2H3. The Bertz CT molecular complexity index is 1890. The fourth-order valence-corrected chi connectivity index (χ4v) is 5.48. The number of halogens is 1. The van der Waals surface area contributed by atoms with E-state index in [0.717, 1.165) is 17.4 Å². The molecule has 252 valence electrons. The SMILES string of the molecule is CC.CC.Cc1cc(NC(=O)OC(C)(C)C)nc(C)c1CNC(=O)c1cn(Cc2cc(S(C)(=O)=O)c3ncc(Cl)cc3c2)nc1C#N. The van der Waals surface area contributed by atoms with E-state index in [4.69, 9.17) is 16.3 Å². The van der Waals surface area contributed by atoms with Crippen LogP contribution in [-0.4, -0.2) is 52.0 Å². The van der Waals surface area contributed by atoms with Crippen LogP contribution in [0.25, 0.3) is 10.9 Å². The smallest absolute Gasteiger partial charge is 0.413 e. The van der Waals surface area contributed by atoms with Crippen molar-refractivity contribution < 1.29 is 22.7 Å². The Labute approximate surface area is 281 Å². The van der Waals surface area contributed by atoms with E-state index in [0.29, 0.717) is 33.0 Å². The Kier molecular flexibility index (Phi) is 13.4. The number of aromatic nitrogens is 4. The molecule has 0 bridgehead atoms. The quantitative estimate of drug-likeness (QED) is 0.214. The highest BCUT2D eigenvalue weighted by atomic mass is 35.5. The van der Waals surface area contributed by atoms with Gasteiger partial charge in [0.15, 0.2) is 15.5 Å². The summed E-state index contributed by atoms with van der Waals surface area (Å²) in [5.74, 6) is -0.206. The summed E-state index contributed by atoms with van der Waals surface area (Å²) >= 11 is 6.08. The first-order chi connectivity index (χ1) is 22.0. The van der Waals surface area contributed by atoms with E-state index in [1.807, 2.05) is 40.7 Å². The number of amides is 2. The molecule has 2 N–H and O–H groups in total. The topological polar surface area (TPSA) is 169 Å². The van der Waals surface area contributed by atoms with Gasteiger partial charge in [0.25, 0.3) is 5.91 Å². The Morgan fingerprint density at radius 3 is 2.32 bits per heavy atom. The zero-order chi connectivity index (χ0) is 35.7. The minimum absolute atomic E-state index is 0.0361. The number of carbonyl (C=O) groups excluding carboxylic acids is 2. The van der Waals surface area contributed by atoms with Gasteiger partial charge in [0.2, 0.25) is 0 Å². The van der Waals surface area contributed by atoms with Gasteiger partial charge < -0.3 is 10.1 Å². The molecule has 14 heteroatoms. The number of nitriles is 1. The molecule has 3 heterocycles. The van der Waals surface area contributed by atoms with E-state index in [-0.39, 0.29) is 29.2 Å². The van der Waals surface area contributed by atoms with E-state index in [9.17, 15) is 23.3 Å². The summed E-state index contributed by atoms with van der Waals surface area (Å²) in [5.41, 5.74) is 2.28. The van der Waals surface area contributed by atoms with E-state index in [1.165, 1.54) is 23.1 Å². The van der Waals surface area contributed by atoms with Gasteiger partial charge in [0, 0.05) is 36.3 Å². The lowest BCUT2D eigenvalue weighted by Crippen LogP contribution is -2.28. The molecule has 0 saturated carbocycles. The van der Waals surface area contributed by atoms with Crippen LogP contribution in [0.4, 0.5) is 10.6 Å². The van der Waals surface area contributed by atoms with Crippen LogP contribution in [0, 0.1) is 25.2 Å². The number of hydrogen-bond donors (Lipinski definition) is 2. The number of rotatable bonds is 7. The number of nitrogens with one attached hydrogen (secondary N) is 2. The van der Waals surface area contributed by atoms with Gasteiger partial charge in [0.1, 0.15) is 17.5 Å². The highest BCUT2D eigenvalue weighted by Crippen LogP contribution is 2.26. The van der Waals surface area contributed by atoms with Gasteiger partial charge >= 0.3 is 6.09 Å². The molecule has 0 unspecified atom stereocenters. The lowest BCUT2D eigenvalue weighted by Gasteiger charge is -2.20. The molecule has 0 aliphatic heterocycles. The fraction of sp³-hybridized carbons (Fsp3) is 0.394. The lowest BCUT2D eigenvalue weighted by atomic mass is 10.1. The summed E-state index contributed by atoms with van der Waals surface area (Å²) in [4.78, 5) is 33.9. The van der Waals surface area contributed by atoms with E-state index in [1.54, 1.807) is 45.9 Å². The summed E-state index contributed by atoms with van der Waals surface area (Å²) < 4.78 is 31.6. The number of benzene rings is 1. The number of sulfone groups is 1. The van der Waals surface area contributed by atoms with Crippen molar-refractivity contribution in [2.45, 2.75) is 85.9 Å². The molecule has 0 fully saturated rings. The summed E-state index contributed by atoms with van der Waals surface area (Å²) in [7, 11) is -3.62. The highest BCUT2D eigenvalue weighted by Gasteiger charge is 2.21. The predicted octanol–water partition coefficient (Wildman–Crippen LogP) is 6.75. The molecule has 1 aromatic carbocycles. The molecule has 47 heavy (non-hydrogen) atoms. The monoisotopic (exact) mass is 683 g/mol. The largest absolute Gasteiger partial charge is 0.444 e. The zero-order valence-corrected chi connectivity index (χ0v) is 30.0. The molecule has 0 spiro atoms. The Balaban J connectivity index is 0.00000185. The molecule has 0 aliphatic rings. The van der Waals surface area contributed by atoms with E-state index < -0.39 is 27.4 Å². The van der Waals surface area contributed by atoms with E-state index in [2.05, 4.69) is 25.7 Å². The van der Waals surface area contributed by atoms with Gasteiger partial charge in [-0.1, -0.05) is 39.3 Å². The van der Waals surface area contributed by atoms with Crippen LogP contribution in [0.1, 0.15) is 86.9 Å². The van der Waals surface area contributed by atoms with Crippen LogP contribution < -0.4 is 10.6 Å². The Morgan fingerprint density at radius 1 is 1.09 bits per heavy atom. The molecule has 2 amide bonds. The van der Waals surface area contributed by atoms with Crippen LogP contribution >= 0.6 is 11.6 Å². The maximum absolute atomic E-state index is 13.1. The number of nitrogens with zero attached hydrogens (tertiary/aromatic N) is 5. The fourth-order valence-electron chi connectivity index (χ4n) is 4.42. The molecule has 0 aliphatic carbocycles. The summed E-state index contributed by atoms with van der Waals surface area (Å²) in [5, 5.41) is 20.2. The molecule has 4 aromatic rings. The van der Waals surface area contributed by atoms with Crippen molar-refractivity contribution in [2.24, 2.45) is 0 Å². The van der Waals surface area contributed by atoms with Crippen molar-refractivity contribution in [1.82, 2.24) is 25.1 Å². The minimum atomic E-state index is -3.62. The maximum Gasteiger partial charge on any atom is 0.413 e. The highest BCUT2D eigenvalue weighted by molar-refractivity contribution is 7.91. The van der Waals surface area contributed by atoms with Crippen molar-refractivity contribution in [3.8, 4) is 6.07 Å². The third-order valence-corrected chi connectivity index (χ3v) is 7.56. The second kappa shape index (κ2) is 16.3. The summed E-state index contributed by atoms with van der Waals surface area (Å²) in [6, 6.07) is 8.45. The maximum atomic E-state index is 13.1. The first-order valence-corrected chi connectivity index (χ1v) is 17.3. The second-order valence-electron chi connectivity index (χ2n) is 11.0. The number of anilines is 1. The van der Waals surface area contributed by atoms with Crippen molar-refractivity contribution in [2.75, 3.05) is 11.6 Å². The molecule has 0 atom stereocenters. The Morgan fingerprint density at radius 2 is 1.74 bits per heavy atom. The first kappa shape index (κ1) is 38.6. The van der Waals surface area contributed by atoms with E-state index >= 15 is 0 Å². The van der Waals surface area contributed by atoms with Gasteiger partial charge in [-0.25, -0.2) is 18.2 Å². The third-order valence-electron chi connectivity index (χ3n) is 6.24. The van der Waals surface area contributed by atoms with Crippen molar-refractivity contribution in [3.05, 3.63) is 75.3 Å². The van der Waals surface area contributed by atoms with Crippen molar-refractivity contribution in [3.63, 3.8) is 0 Å². The number of carbonyl (C=O) groups is 2. The van der Waals surface area contributed by atoms with Crippen LogP contribution in [0.2, 0.25) is 5.02 Å². The second-order valence-corrected chi connectivity index (χ2v) is 13.4. The summed E-state index contributed by atoms with van der Waals surface area (Å²) in [6.45, 7) is 17.1. The van der Waals surface area contributed by atoms with Gasteiger partial charge in [0.05, 0.1) is 27.5 Å². The molecule has 12 nitrogen and oxygen atoms in total. The third kappa shape index (κ3) is 10.5. The van der Waals surface area contributed by atoms with Crippen molar-refractivity contribution >= 4 is 50.2 Å². The number of hydrogen-bond acceptors (Lipinski definition) is 9. The predicted molar refractivity (Wildman–Crippen MR) is 183 cm³/mol. The van der Waals surface area contributed by atoms with Crippen LogP contribution in [0.3, 0.4) is 0 Å². The van der Waals surface area contributed by atoms with Gasteiger partial charge in [-0.15, -0.1) is 0 Å².